The Morgan fingerprint density at radius 3 is 3.00 bits per heavy atom. The van der Waals surface area contributed by atoms with Crippen LogP contribution in [0.1, 0.15) is 51.1 Å². The second-order valence-electron chi connectivity index (χ2n) is 5.96. The summed E-state index contributed by atoms with van der Waals surface area (Å²) in [5.74, 6) is 1.74. The van der Waals surface area contributed by atoms with E-state index in [-0.39, 0.29) is 5.60 Å². The highest BCUT2D eigenvalue weighted by Crippen LogP contribution is 2.50. The third-order valence-corrected chi connectivity index (χ3v) is 5.29. The summed E-state index contributed by atoms with van der Waals surface area (Å²) in [6.07, 6.45) is 4.90. The van der Waals surface area contributed by atoms with Gasteiger partial charge in [0.1, 0.15) is 11.4 Å². The molecule has 19 heavy (non-hydrogen) atoms. The molecule has 0 saturated heterocycles. The van der Waals surface area contributed by atoms with Gasteiger partial charge in [0.2, 0.25) is 0 Å². The number of benzene rings is 1. The van der Waals surface area contributed by atoms with E-state index in [0.29, 0.717) is 12.0 Å². The first kappa shape index (κ1) is 13.4. The fraction of sp³-hybridized carbons (Fsp3) is 0.625. The van der Waals surface area contributed by atoms with Crippen LogP contribution in [0.15, 0.2) is 22.7 Å². The molecule has 1 aromatic rings. The highest BCUT2D eigenvalue weighted by molar-refractivity contribution is 9.10. The molecule has 3 rings (SSSR count). The normalized spacial score (nSPS) is 33.2. The van der Waals surface area contributed by atoms with Crippen molar-refractivity contribution in [3.63, 3.8) is 0 Å². The zero-order valence-electron chi connectivity index (χ0n) is 11.7. The van der Waals surface area contributed by atoms with Gasteiger partial charge in [0.05, 0.1) is 0 Å². The van der Waals surface area contributed by atoms with Gasteiger partial charge in [0.15, 0.2) is 0 Å². The first-order valence-electron chi connectivity index (χ1n) is 7.36. The van der Waals surface area contributed by atoms with Crippen molar-refractivity contribution in [2.45, 2.75) is 51.2 Å². The number of rotatable bonds is 2. The Kier molecular flexibility index (Phi) is 3.61. The summed E-state index contributed by atoms with van der Waals surface area (Å²) in [6, 6.07) is 6.83. The summed E-state index contributed by atoms with van der Waals surface area (Å²) >= 11 is 3.57. The molecule has 0 radical (unpaired) electrons. The smallest absolute Gasteiger partial charge is 0.125 e. The van der Waals surface area contributed by atoms with E-state index >= 15 is 0 Å². The molecule has 1 N–H and O–H groups in total. The Hall–Kier alpha value is -0.540. The van der Waals surface area contributed by atoms with Gasteiger partial charge < -0.3 is 10.1 Å². The number of ether oxygens (including phenoxy) is 1. The van der Waals surface area contributed by atoms with Gasteiger partial charge in [-0.25, -0.2) is 0 Å². The SMILES string of the molecule is CCNC1CC2(CCCC2C)Oc2ccc(Br)cc21. The van der Waals surface area contributed by atoms with Crippen LogP contribution in [0.25, 0.3) is 0 Å². The Balaban J connectivity index is 1.99. The van der Waals surface area contributed by atoms with Gasteiger partial charge in [-0.1, -0.05) is 29.8 Å². The van der Waals surface area contributed by atoms with Crippen LogP contribution in [0.5, 0.6) is 5.75 Å². The summed E-state index contributed by atoms with van der Waals surface area (Å²) in [6.45, 7) is 5.53. The van der Waals surface area contributed by atoms with Crippen LogP contribution < -0.4 is 10.1 Å². The molecule has 2 nitrogen and oxygen atoms in total. The van der Waals surface area contributed by atoms with Crippen molar-refractivity contribution in [2.75, 3.05) is 6.54 Å². The maximum Gasteiger partial charge on any atom is 0.125 e. The zero-order valence-corrected chi connectivity index (χ0v) is 13.3. The van der Waals surface area contributed by atoms with Gasteiger partial charge in [-0.15, -0.1) is 0 Å². The van der Waals surface area contributed by atoms with Crippen molar-refractivity contribution >= 4 is 15.9 Å². The zero-order chi connectivity index (χ0) is 13.5. The molecule has 1 spiro atoms. The quantitative estimate of drug-likeness (QED) is 0.868. The first-order chi connectivity index (χ1) is 9.14. The van der Waals surface area contributed by atoms with Crippen LogP contribution in [-0.2, 0) is 0 Å². The lowest BCUT2D eigenvalue weighted by molar-refractivity contribution is 0.00202. The lowest BCUT2D eigenvalue weighted by Crippen LogP contribution is -2.46. The van der Waals surface area contributed by atoms with E-state index in [1.165, 1.54) is 24.8 Å². The van der Waals surface area contributed by atoms with Gasteiger partial charge in [-0.2, -0.15) is 0 Å². The van der Waals surface area contributed by atoms with Crippen molar-refractivity contribution < 1.29 is 4.74 Å². The van der Waals surface area contributed by atoms with Crippen LogP contribution >= 0.6 is 15.9 Å². The van der Waals surface area contributed by atoms with Gasteiger partial charge in [0, 0.05) is 22.5 Å². The lowest BCUT2D eigenvalue weighted by Gasteiger charge is -2.43. The third kappa shape index (κ3) is 2.31. The largest absolute Gasteiger partial charge is 0.487 e. The molecule has 2 aliphatic rings. The second kappa shape index (κ2) is 5.10. The van der Waals surface area contributed by atoms with Crippen molar-refractivity contribution in [3.8, 4) is 5.75 Å². The van der Waals surface area contributed by atoms with E-state index in [0.717, 1.165) is 23.2 Å². The number of hydrogen-bond donors (Lipinski definition) is 1. The molecule has 1 fully saturated rings. The molecule has 1 heterocycles. The number of nitrogens with one attached hydrogen (secondary N) is 1. The van der Waals surface area contributed by atoms with Crippen LogP contribution in [0.3, 0.4) is 0 Å². The van der Waals surface area contributed by atoms with Crippen molar-refractivity contribution in [2.24, 2.45) is 5.92 Å². The van der Waals surface area contributed by atoms with Gasteiger partial charge in [0.25, 0.3) is 0 Å². The molecule has 104 valence electrons. The van der Waals surface area contributed by atoms with Crippen LogP contribution in [-0.4, -0.2) is 12.1 Å². The average molecular weight is 324 g/mol. The summed E-state index contributed by atoms with van der Waals surface area (Å²) in [4.78, 5) is 0. The van der Waals surface area contributed by atoms with E-state index in [1.807, 2.05) is 0 Å². The summed E-state index contributed by atoms with van der Waals surface area (Å²) in [7, 11) is 0. The van der Waals surface area contributed by atoms with Gasteiger partial charge in [-0.3, -0.25) is 0 Å². The summed E-state index contributed by atoms with van der Waals surface area (Å²) in [5.41, 5.74) is 1.37. The predicted octanol–water partition coefficient (Wildman–Crippen LogP) is 4.44. The summed E-state index contributed by atoms with van der Waals surface area (Å²) in [5, 5.41) is 3.64. The average Bonchev–Trinajstić information content (AvgIpc) is 2.72. The Bertz CT molecular complexity index is 476. The highest BCUT2D eigenvalue weighted by atomic mass is 79.9. The van der Waals surface area contributed by atoms with Gasteiger partial charge >= 0.3 is 0 Å². The molecule has 1 saturated carbocycles. The van der Waals surface area contributed by atoms with Crippen LogP contribution in [0.4, 0.5) is 0 Å². The van der Waals surface area contributed by atoms with Crippen molar-refractivity contribution in [1.82, 2.24) is 5.32 Å². The van der Waals surface area contributed by atoms with E-state index in [2.05, 4.69) is 53.3 Å². The van der Waals surface area contributed by atoms with Crippen molar-refractivity contribution in [3.05, 3.63) is 28.2 Å². The molecule has 1 aliphatic heterocycles. The maximum absolute atomic E-state index is 6.46. The Morgan fingerprint density at radius 1 is 1.47 bits per heavy atom. The second-order valence-corrected chi connectivity index (χ2v) is 6.87. The molecular weight excluding hydrogens is 302 g/mol. The molecule has 0 bridgehead atoms. The van der Waals surface area contributed by atoms with Crippen LogP contribution in [0.2, 0.25) is 0 Å². The third-order valence-electron chi connectivity index (χ3n) is 4.80. The van der Waals surface area contributed by atoms with Crippen LogP contribution in [0, 0.1) is 5.92 Å². The standard InChI is InChI=1S/C16H22BrNO/c1-3-18-14-10-16(8-4-5-11(16)2)19-15-7-6-12(17)9-13(14)15/h6-7,9,11,14,18H,3-5,8,10H2,1-2H3. The lowest BCUT2D eigenvalue weighted by atomic mass is 9.81. The van der Waals surface area contributed by atoms with E-state index < -0.39 is 0 Å². The molecule has 1 aliphatic carbocycles. The highest BCUT2D eigenvalue weighted by Gasteiger charge is 2.47. The molecule has 1 aromatic carbocycles. The minimum atomic E-state index is 0.0632. The van der Waals surface area contributed by atoms with Crippen molar-refractivity contribution in [1.29, 1.82) is 0 Å². The monoisotopic (exact) mass is 323 g/mol. The fourth-order valence-electron chi connectivity index (χ4n) is 3.70. The molecular formula is C16H22BrNO. The molecule has 0 aromatic heterocycles. The molecule has 3 atom stereocenters. The number of halogens is 1. The first-order valence-corrected chi connectivity index (χ1v) is 8.16. The Labute approximate surface area is 124 Å². The van der Waals surface area contributed by atoms with E-state index in [9.17, 15) is 0 Å². The van der Waals surface area contributed by atoms with E-state index in [4.69, 9.17) is 4.74 Å². The van der Waals surface area contributed by atoms with Gasteiger partial charge in [-0.05, 0) is 49.9 Å². The predicted molar refractivity (Wildman–Crippen MR) is 81.6 cm³/mol. The summed E-state index contributed by atoms with van der Waals surface area (Å²) < 4.78 is 7.60. The number of fused-ring (bicyclic) bond motifs is 1. The Morgan fingerprint density at radius 2 is 2.32 bits per heavy atom. The molecule has 3 unspecified atom stereocenters. The number of hydrogen-bond acceptors (Lipinski definition) is 2. The van der Waals surface area contributed by atoms with E-state index in [1.54, 1.807) is 0 Å². The minimum Gasteiger partial charge on any atom is -0.487 e. The molecule has 0 amide bonds. The minimum absolute atomic E-state index is 0.0632. The maximum atomic E-state index is 6.46. The molecule has 3 heteroatoms. The fourth-order valence-corrected chi connectivity index (χ4v) is 4.08. The topological polar surface area (TPSA) is 21.3 Å².